The molecule has 164 valence electrons. The molecule has 2 atom stereocenters. The highest BCUT2D eigenvalue weighted by molar-refractivity contribution is 5.95. The summed E-state index contributed by atoms with van der Waals surface area (Å²) in [5.74, 6) is -1.36. The number of nitrogens with one attached hydrogen (secondary N) is 1. The second-order valence-electron chi connectivity index (χ2n) is 8.69. The van der Waals surface area contributed by atoms with Gasteiger partial charge in [-0.15, -0.1) is 0 Å². The highest BCUT2D eigenvalue weighted by atomic mass is 19.1. The summed E-state index contributed by atoms with van der Waals surface area (Å²) in [4.78, 5) is 26.5. The summed E-state index contributed by atoms with van der Waals surface area (Å²) in [6, 6.07) is 4.98. The minimum atomic E-state index is -1.29. The zero-order valence-corrected chi connectivity index (χ0v) is 17.8. The second-order valence-corrected chi connectivity index (χ2v) is 8.69. The molecule has 1 aliphatic heterocycles. The van der Waals surface area contributed by atoms with Crippen LogP contribution < -0.4 is 15.8 Å². The van der Waals surface area contributed by atoms with Crippen molar-refractivity contribution in [3.8, 4) is 6.07 Å². The number of anilines is 1. The van der Waals surface area contributed by atoms with Gasteiger partial charge in [0.1, 0.15) is 11.4 Å². The first kappa shape index (κ1) is 21.3. The standard InChI is InChI=1S/C23H27FN4O3/c1-13-20-16(10-18(23(30)31)22(29)28(20)17-4-5-17)11-19(24)21(13)27-9-6-15(12-27)14(2)26-8-3-7-25/h10-11,14-15,17,26H,3-6,8-9,12H2,1-2H3,(H,30,31)/t14-,15?/m0/s1. The van der Waals surface area contributed by atoms with Crippen molar-refractivity contribution in [2.45, 2.75) is 51.6 Å². The number of pyridine rings is 1. The molecule has 0 amide bonds. The number of halogens is 1. The molecule has 2 N–H and O–H groups in total. The number of hydrogen-bond acceptors (Lipinski definition) is 5. The highest BCUT2D eigenvalue weighted by Crippen LogP contribution is 2.40. The van der Waals surface area contributed by atoms with Crippen LogP contribution in [0, 0.1) is 30.0 Å². The number of aromatic nitrogens is 1. The Kier molecular flexibility index (Phi) is 5.71. The van der Waals surface area contributed by atoms with Crippen LogP contribution in [-0.2, 0) is 0 Å². The molecule has 2 aliphatic rings. The van der Waals surface area contributed by atoms with Gasteiger partial charge in [-0.3, -0.25) is 4.79 Å². The minimum Gasteiger partial charge on any atom is -0.477 e. The maximum absolute atomic E-state index is 15.3. The van der Waals surface area contributed by atoms with Crippen LogP contribution in [0.5, 0.6) is 0 Å². The molecule has 2 fully saturated rings. The van der Waals surface area contributed by atoms with Crippen LogP contribution in [0.25, 0.3) is 10.9 Å². The summed E-state index contributed by atoms with van der Waals surface area (Å²) in [5, 5.41) is 22.0. The summed E-state index contributed by atoms with van der Waals surface area (Å²) >= 11 is 0. The van der Waals surface area contributed by atoms with Crippen molar-refractivity contribution in [1.29, 1.82) is 5.26 Å². The Morgan fingerprint density at radius 3 is 2.77 bits per heavy atom. The largest absolute Gasteiger partial charge is 0.477 e. The molecule has 0 spiro atoms. The molecule has 1 aliphatic carbocycles. The zero-order valence-electron chi connectivity index (χ0n) is 17.8. The van der Waals surface area contributed by atoms with Crippen molar-refractivity contribution in [2.75, 3.05) is 24.5 Å². The number of nitrogens with zero attached hydrogens (tertiary/aromatic N) is 3. The van der Waals surface area contributed by atoms with Gasteiger partial charge in [-0.1, -0.05) is 0 Å². The molecular formula is C23H27FN4O3. The molecular weight excluding hydrogens is 399 g/mol. The Morgan fingerprint density at radius 2 is 2.13 bits per heavy atom. The van der Waals surface area contributed by atoms with E-state index in [1.807, 2.05) is 11.8 Å². The molecule has 1 saturated carbocycles. The number of hydrogen-bond donors (Lipinski definition) is 2. The van der Waals surface area contributed by atoms with E-state index in [4.69, 9.17) is 5.26 Å². The lowest BCUT2D eigenvalue weighted by atomic mass is 10.0. The monoisotopic (exact) mass is 426 g/mol. The first-order valence-corrected chi connectivity index (χ1v) is 10.8. The predicted octanol–water partition coefficient (Wildman–Crippen LogP) is 3.20. The van der Waals surface area contributed by atoms with E-state index in [2.05, 4.69) is 18.3 Å². The summed E-state index contributed by atoms with van der Waals surface area (Å²) < 4.78 is 16.8. The van der Waals surface area contributed by atoms with Crippen LogP contribution >= 0.6 is 0 Å². The maximum atomic E-state index is 15.3. The molecule has 7 nitrogen and oxygen atoms in total. The van der Waals surface area contributed by atoms with E-state index in [9.17, 15) is 14.7 Å². The number of rotatable bonds is 7. The highest BCUT2D eigenvalue weighted by Gasteiger charge is 2.33. The first-order chi connectivity index (χ1) is 14.8. The smallest absolute Gasteiger partial charge is 0.341 e. The molecule has 1 aromatic heterocycles. The maximum Gasteiger partial charge on any atom is 0.341 e. The number of carboxylic acid groups (broad SMARTS) is 1. The molecule has 2 aromatic rings. The van der Waals surface area contributed by atoms with E-state index in [1.165, 1.54) is 12.1 Å². The van der Waals surface area contributed by atoms with Gasteiger partial charge in [0.2, 0.25) is 0 Å². The van der Waals surface area contributed by atoms with E-state index >= 15 is 4.39 Å². The van der Waals surface area contributed by atoms with Gasteiger partial charge in [0.05, 0.1) is 17.3 Å². The summed E-state index contributed by atoms with van der Waals surface area (Å²) in [7, 11) is 0. The fourth-order valence-corrected chi connectivity index (χ4v) is 4.80. The van der Waals surface area contributed by atoms with Crippen molar-refractivity contribution in [3.05, 3.63) is 39.4 Å². The Labute approximate surface area is 180 Å². The van der Waals surface area contributed by atoms with Crippen molar-refractivity contribution >= 4 is 22.6 Å². The van der Waals surface area contributed by atoms with Crippen molar-refractivity contribution < 1.29 is 14.3 Å². The third-order valence-corrected chi connectivity index (χ3v) is 6.58. The van der Waals surface area contributed by atoms with Crippen molar-refractivity contribution in [1.82, 2.24) is 9.88 Å². The number of carbonyl (C=O) groups is 1. The Bertz CT molecular complexity index is 1130. The van der Waals surface area contributed by atoms with E-state index in [-0.39, 0.29) is 17.6 Å². The molecule has 4 rings (SSSR count). The lowest BCUT2D eigenvalue weighted by Gasteiger charge is -2.26. The SMILES string of the molecule is Cc1c(N2CCC([C@H](C)NCCC#N)C2)c(F)cc2cc(C(=O)O)c(=O)n(C3CC3)c12. The zero-order chi connectivity index (χ0) is 22.3. The van der Waals surface area contributed by atoms with Crippen LogP contribution in [-0.4, -0.2) is 41.3 Å². The van der Waals surface area contributed by atoms with Gasteiger partial charge in [0.15, 0.2) is 0 Å². The van der Waals surface area contributed by atoms with Crippen molar-refractivity contribution in [2.24, 2.45) is 5.92 Å². The molecule has 1 unspecified atom stereocenters. The van der Waals surface area contributed by atoms with Crippen LogP contribution in [0.15, 0.2) is 16.9 Å². The summed E-state index contributed by atoms with van der Waals surface area (Å²) in [5.41, 5.74) is 0.984. The number of carboxylic acids is 1. The quantitative estimate of drug-likeness (QED) is 0.660. The normalized spacial score (nSPS) is 19.5. The fourth-order valence-electron chi connectivity index (χ4n) is 4.80. The van der Waals surface area contributed by atoms with Gasteiger partial charge in [0, 0.05) is 43.5 Å². The number of aryl methyl sites for hydroxylation is 1. The van der Waals surface area contributed by atoms with Crippen LogP contribution in [0.3, 0.4) is 0 Å². The second kappa shape index (κ2) is 8.31. The molecule has 2 heterocycles. The van der Waals surface area contributed by atoms with Crippen LogP contribution in [0.4, 0.5) is 10.1 Å². The predicted molar refractivity (Wildman–Crippen MR) is 116 cm³/mol. The van der Waals surface area contributed by atoms with Crippen LogP contribution in [0.2, 0.25) is 0 Å². The van der Waals surface area contributed by atoms with Gasteiger partial charge < -0.3 is 19.9 Å². The molecule has 8 heteroatoms. The summed E-state index contributed by atoms with van der Waals surface area (Å²) in [6.45, 7) is 5.94. The molecule has 0 bridgehead atoms. The average molecular weight is 426 g/mol. The Balaban J connectivity index is 1.72. The number of aromatic carboxylic acids is 1. The van der Waals surface area contributed by atoms with Gasteiger partial charge in [-0.25, -0.2) is 9.18 Å². The summed E-state index contributed by atoms with van der Waals surface area (Å²) in [6.07, 6.45) is 3.00. The molecule has 1 aromatic carbocycles. The van der Waals surface area contributed by atoms with Crippen LogP contribution in [0.1, 0.15) is 54.6 Å². The minimum absolute atomic E-state index is 0.0259. The van der Waals surface area contributed by atoms with E-state index in [0.29, 0.717) is 54.1 Å². The first-order valence-electron chi connectivity index (χ1n) is 10.8. The lowest BCUT2D eigenvalue weighted by Crippen LogP contribution is -2.36. The third kappa shape index (κ3) is 3.90. The Hall–Kier alpha value is -2.92. The number of benzene rings is 1. The van der Waals surface area contributed by atoms with Gasteiger partial charge in [-0.05, 0) is 56.7 Å². The Morgan fingerprint density at radius 1 is 1.39 bits per heavy atom. The van der Waals surface area contributed by atoms with Gasteiger partial charge >= 0.3 is 5.97 Å². The lowest BCUT2D eigenvalue weighted by molar-refractivity contribution is 0.0694. The van der Waals surface area contributed by atoms with E-state index in [0.717, 1.165) is 19.3 Å². The third-order valence-electron chi connectivity index (χ3n) is 6.58. The van der Waals surface area contributed by atoms with E-state index < -0.39 is 17.3 Å². The van der Waals surface area contributed by atoms with E-state index in [1.54, 1.807) is 4.57 Å². The molecule has 0 radical (unpaired) electrons. The number of fused-ring (bicyclic) bond motifs is 1. The average Bonchev–Trinajstić information content (AvgIpc) is 3.44. The fraction of sp³-hybridized carbons (Fsp3) is 0.522. The van der Waals surface area contributed by atoms with Gasteiger partial charge in [-0.2, -0.15) is 5.26 Å². The van der Waals surface area contributed by atoms with Gasteiger partial charge in [0.25, 0.3) is 5.56 Å². The topological polar surface area (TPSA) is 98.4 Å². The number of nitriles is 1. The van der Waals surface area contributed by atoms with Crippen molar-refractivity contribution in [3.63, 3.8) is 0 Å². The molecule has 31 heavy (non-hydrogen) atoms. The molecule has 1 saturated heterocycles.